The van der Waals surface area contributed by atoms with Gasteiger partial charge in [-0.05, 0) is 13.8 Å². The van der Waals surface area contributed by atoms with Gasteiger partial charge in [0, 0.05) is 30.9 Å². The summed E-state index contributed by atoms with van der Waals surface area (Å²) in [5, 5.41) is 4.48. The number of rotatable bonds is 7. The Labute approximate surface area is 131 Å². The number of hydrogen-bond donors (Lipinski definition) is 0. The summed E-state index contributed by atoms with van der Waals surface area (Å²) in [6.45, 7) is 11.5. The summed E-state index contributed by atoms with van der Waals surface area (Å²) in [5.74, 6) is -0.165. The first-order chi connectivity index (χ1) is 10.6. The summed E-state index contributed by atoms with van der Waals surface area (Å²) < 4.78 is 12.5. The monoisotopic (exact) mass is 307 g/mol. The van der Waals surface area contributed by atoms with E-state index in [-0.39, 0.29) is 12.0 Å². The van der Waals surface area contributed by atoms with Gasteiger partial charge in [-0.25, -0.2) is 0 Å². The Hall–Kier alpha value is -1.66. The van der Waals surface area contributed by atoms with Crippen molar-refractivity contribution >= 4 is 5.97 Å². The van der Waals surface area contributed by atoms with Crippen LogP contribution in [0.4, 0.5) is 0 Å². The summed E-state index contributed by atoms with van der Waals surface area (Å²) in [6.07, 6.45) is 4.25. The zero-order valence-corrected chi connectivity index (χ0v) is 13.5. The lowest BCUT2D eigenvalue weighted by atomic mass is 10.1. The van der Waals surface area contributed by atoms with Crippen LogP contribution in [-0.2, 0) is 27.4 Å². The quantitative estimate of drug-likeness (QED) is 0.565. The van der Waals surface area contributed by atoms with E-state index in [0.29, 0.717) is 32.8 Å². The lowest BCUT2D eigenvalue weighted by molar-refractivity contribution is -0.146. The number of morpholine rings is 1. The van der Waals surface area contributed by atoms with Crippen molar-refractivity contribution in [2.75, 3.05) is 26.4 Å². The molecular weight excluding hydrogens is 282 g/mol. The number of hydrogen-bond acceptors (Lipinski definition) is 5. The molecule has 1 saturated heterocycles. The lowest BCUT2D eigenvalue weighted by Crippen LogP contribution is -2.46. The molecule has 1 fully saturated rings. The van der Waals surface area contributed by atoms with Gasteiger partial charge in [-0.15, -0.1) is 6.58 Å². The van der Waals surface area contributed by atoms with E-state index >= 15 is 0 Å². The summed E-state index contributed by atoms with van der Waals surface area (Å²) in [6, 6.07) is 0.0648. The van der Waals surface area contributed by atoms with Crippen LogP contribution < -0.4 is 0 Å². The molecule has 0 N–H and O–H groups in total. The smallest absolute Gasteiger partial charge is 0.307 e. The van der Waals surface area contributed by atoms with Crippen LogP contribution >= 0.6 is 0 Å². The van der Waals surface area contributed by atoms with Gasteiger partial charge in [0.05, 0.1) is 38.5 Å². The van der Waals surface area contributed by atoms with Crippen LogP contribution in [0, 0.1) is 6.92 Å². The van der Waals surface area contributed by atoms with E-state index in [1.54, 1.807) is 0 Å². The molecule has 0 bridgehead atoms. The van der Waals surface area contributed by atoms with Gasteiger partial charge >= 0.3 is 5.97 Å². The molecule has 2 heterocycles. The highest BCUT2D eigenvalue weighted by Crippen LogP contribution is 2.17. The van der Waals surface area contributed by atoms with Gasteiger partial charge in [-0.2, -0.15) is 5.10 Å². The fourth-order valence-corrected chi connectivity index (χ4v) is 2.66. The van der Waals surface area contributed by atoms with Gasteiger partial charge in [-0.1, -0.05) is 6.08 Å². The normalized spacial score (nSPS) is 19.1. The zero-order valence-electron chi connectivity index (χ0n) is 13.5. The van der Waals surface area contributed by atoms with Crippen molar-refractivity contribution < 1.29 is 14.3 Å². The van der Waals surface area contributed by atoms with Crippen molar-refractivity contribution in [1.82, 2.24) is 14.7 Å². The Morgan fingerprint density at radius 2 is 2.45 bits per heavy atom. The summed E-state index contributed by atoms with van der Waals surface area (Å²) in [7, 11) is 0. The highest BCUT2D eigenvalue weighted by molar-refractivity contribution is 5.70. The van der Waals surface area contributed by atoms with Crippen molar-refractivity contribution in [3.8, 4) is 0 Å². The van der Waals surface area contributed by atoms with E-state index in [1.807, 2.05) is 30.8 Å². The fourth-order valence-electron chi connectivity index (χ4n) is 2.66. The highest BCUT2D eigenvalue weighted by atomic mass is 16.5. The van der Waals surface area contributed by atoms with Crippen molar-refractivity contribution in [3.05, 3.63) is 30.1 Å². The van der Waals surface area contributed by atoms with Gasteiger partial charge in [-0.3, -0.25) is 14.4 Å². The number of aryl methyl sites for hydroxylation is 1. The maximum absolute atomic E-state index is 11.7. The maximum atomic E-state index is 11.7. The Morgan fingerprint density at radius 3 is 3.18 bits per heavy atom. The summed E-state index contributed by atoms with van der Waals surface area (Å²) in [5.41, 5.74) is 2.20. The zero-order chi connectivity index (χ0) is 15.9. The molecule has 22 heavy (non-hydrogen) atoms. The van der Waals surface area contributed by atoms with Crippen LogP contribution in [0.3, 0.4) is 0 Å². The molecule has 0 saturated carbocycles. The van der Waals surface area contributed by atoms with Gasteiger partial charge in [0.25, 0.3) is 0 Å². The minimum Gasteiger partial charge on any atom is -0.466 e. The molecule has 0 aromatic carbocycles. The third kappa shape index (κ3) is 4.42. The third-order valence-electron chi connectivity index (χ3n) is 3.79. The number of carbonyl (C=O) groups excluding carboxylic acids is 1. The Kier molecular flexibility index (Phi) is 6.15. The molecule has 1 aliphatic rings. The van der Waals surface area contributed by atoms with Crippen LogP contribution in [0.15, 0.2) is 18.9 Å². The molecule has 122 valence electrons. The van der Waals surface area contributed by atoms with Crippen molar-refractivity contribution in [3.63, 3.8) is 0 Å². The van der Waals surface area contributed by atoms with E-state index in [4.69, 9.17) is 9.47 Å². The predicted molar refractivity (Wildman–Crippen MR) is 83.4 cm³/mol. The number of aromatic nitrogens is 2. The van der Waals surface area contributed by atoms with E-state index in [2.05, 4.69) is 16.6 Å². The van der Waals surface area contributed by atoms with Crippen LogP contribution in [0.2, 0.25) is 0 Å². The number of esters is 1. The Bertz CT molecular complexity index is 513. The molecule has 1 aromatic heterocycles. The van der Waals surface area contributed by atoms with E-state index in [1.165, 1.54) is 5.56 Å². The summed E-state index contributed by atoms with van der Waals surface area (Å²) >= 11 is 0. The van der Waals surface area contributed by atoms with E-state index < -0.39 is 0 Å². The van der Waals surface area contributed by atoms with Crippen LogP contribution in [0.5, 0.6) is 0 Å². The second-order valence-electron chi connectivity index (χ2n) is 5.46. The topological polar surface area (TPSA) is 56.6 Å². The lowest BCUT2D eigenvalue weighted by Gasteiger charge is -2.34. The molecule has 6 heteroatoms. The first-order valence-corrected chi connectivity index (χ1v) is 7.75. The minimum absolute atomic E-state index is 0.0648. The molecule has 0 spiro atoms. The number of nitrogens with zero attached hydrogens (tertiary/aromatic N) is 3. The molecule has 1 aromatic rings. The Morgan fingerprint density at radius 1 is 1.64 bits per heavy atom. The van der Waals surface area contributed by atoms with Crippen LogP contribution in [-0.4, -0.2) is 53.1 Å². The van der Waals surface area contributed by atoms with Gasteiger partial charge in [0.15, 0.2) is 0 Å². The second kappa shape index (κ2) is 8.10. The van der Waals surface area contributed by atoms with Gasteiger partial charge in [0.2, 0.25) is 0 Å². The molecule has 0 radical (unpaired) electrons. The number of ether oxygens (including phenoxy) is 2. The van der Waals surface area contributed by atoms with Gasteiger partial charge in [0.1, 0.15) is 0 Å². The molecule has 1 unspecified atom stereocenters. The molecule has 2 rings (SSSR count). The third-order valence-corrected chi connectivity index (χ3v) is 3.79. The molecular formula is C16H25N3O3. The van der Waals surface area contributed by atoms with Crippen LogP contribution in [0.1, 0.15) is 24.6 Å². The van der Waals surface area contributed by atoms with Gasteiger partial charge < -0.3 is 9.47 Å². The second-order valence-corrected chi connectivity index (χ2v) is 5.46. The fraction of sp³-hybridized carbons (Fsp3) is 0.625. The van der Waals surface area contributed by atoms with Crippen molar-refractivity contribution in [2.24, 2.45) is 0 Å². The van der Waals surface area contributed by atoms with E-state index in [0.717, 1.165) is 18.8 Å². The first kappa shape index (κ1) is 16.7. The van der Waals surface area contributed by atoms with Crippen LogP contribution in [0.25, 0.3) is 0 Å². The molecule has 6 nitrogen and oxygen atoms in total. The predicted octanol–water partition coefficient (Wildman–Crippen LogP) is 1.53. The molecule has 0 amide bonds. The SMILES string of the molecule is C=CCn1cc(CN2CCOCC2CC(=O)OCC)c(C)n1. The average Bonchev–Trinajstić information content (AvgIpc) is 2.82. The largest absolute Gasteiger partial charge is 0.466 e. The average molecular weight is 307 g/mol. The molecule has 0 aliphatic carbocycles. The molecule has 1 atom stereocenters. The first-order valence-electron chi connectivity index (χ1n) is 7.75. The highest BCUT2D eigenvalue weighted by Gasteiger charge is 2.26. The number of carbonyl (C=O) groups is 1. The van der Waals surface area contributed by atoms with E-state index in [9.17, 15) is 4.79 Å². The minimum atomic E-state index is -0.165. The Balaban J connectivity index is 2.01. The standard InChI is InChI=1S/C16H25N3O3/c1-4-6-19-11-14(13(3)17-19)10-18-7-8-21-12-15(18)9-16(20)22-5-2/h4,11,15H,1,5-10,12H2,2-3H3. The van der Waals surface area contributed by atoms with Crippen molar-refractivity contribution in [2.45, 2.75) is 39.4 Å². The number of allylic oxidation sites excluding steroid dienone is 1. The summed E-state index contributed by atoms with van der Waals surface area (Å²) in [4.78, 5) is 14.0. The van der Waals surface area contributed by atoms with Crippen molar-refractivity contribution in [1.29, 1.82) is 0 Å². The maximum Gasteiger partial charge on any atom is 0.307 e. The molecule has 1 aliphatic heterocycles.